The van der Waals surface area contributed by atoms with Gasteiger partial charge in [-0.25, -0.2) is 0 Å². The van der Waals surface area contributed by atoms with Gasteiger partial charge in [0.2, 0.25) is 0 Å². The molecule has 0 spiro atoms. The van der Waals surface area contributed by atoms with Gasteiger partial charge in [-0.05, 0) is 45.6 Å². The van der Waals surface area contributed by atoms with E-state index in [4.69, 9.17) is 23.2 Å². The lowest BCUT2D eigenvalue weighted by Gasteiger charge is -2.37. The molecule has 0 heterocycles. The van der Waals surface area contributed by atoms with Crippen molar-refractivity contribution in [1.29, 1.82) is 0 Å². The van der Waals surface area contributed by atoms with Crippen LogP contribution >= 0.6 is 23.2 Å². The number of hydrogen-bond donors (Lipinski definition) is 1. The Morgan fingerprint density at radius 1 is 1.24 bits per heavy atom. The molecule has 0 saturated heterocycles. The number of aliphatic hydroxyl groups excluding tert-OH is 1. The fourth-order valence-corrected chi connectivity index (χ4v) is 1.76. The monoisotopic (exact) mass is 275 g/mol. The lowest BCUT2D eigenvalue weighted by molar-refractivity contribution is 0.0183. The van der Waals surface area contributed by atoms with Gasteiger partial charge >= 0.3 is 0 Å². The average molecular weight is 276 g/mol. The number of benzene rings is 1. The molecule has 1 aromatic rings. The van der Waals surface area contributed by atoms with E-state index in [2.05, 4.69) is 0 Å². The normalized spacial score (nSPS) is 14.1. The fraction of sp³-hybridized carbons (Fsp3) is 0.538. The van der Waals surface area contributed by atoms with Crippen LogP contribution < -0.4 is 0 Å². The van der Waals surface area contributed by atoms with E-state index in [0.717, 1.165) is 5.56 Å². The molecule has 0 saturated carbocycles. The summed E-state index contributed by atoms with van der Waals surface area (Å²) >= 11 is 11.8. The van der Waals surface area contributed by atoms with Crippen LogP contribution in [0, 0.1) is 0 Å². The van der Waals surface area contributed by atoms with E-state index in [0.29, 0.717) is 16.5 Å². The fourth-order valence-electron chi connectivity index (χ4n) is 1.44. The smallest absolute Gasteiger partial charge is 0.0758 e. The molecular weight excluding hydrogens is 257 g/mol. The molecular formula is C13H19Cl2NO. The van der Waals surface area contributed by atoms with Gasteiger partial charge in [0, 0.05) is 12.0 Å². The van der Waals surface area contributed by atoms with E-state index >= 15 is 0 Å². The summed E-state index contributed by atoms with van der Waals surface area (Å²) in [6.45, 7) is 4.02. The maximum Gasteiger partial charge on any atom is 0.0758 e. The van der Waals surface area contributed by atoms with Gasteiger partial charge in [0.05, 0.1) is 16.1 Å². The second-order valence-corrected chi connectivity index (χ2v) is 5.83. The molecule has 0 aliphatic rings. The van der Waals surface area contributed by atoms with Gasteiger partial charge in [0.1, 0.15) is 0 Å². The minimum Gasteiger partial charge on any atom is -0.391 e. The van der Waals surface area contributed by atoms with E-state index in [9.17, 15) is 5.11 Å². The van der Waals surface area contributed by atoms with Crippen LogP contribution in [0.2, 0.25) is 10.0 Å². The third kappa shape index (κ3) is 3.59. The summed E-state index contributed by atoms with van der Waals surface area (Å²) in [5.41, 5.74) is 0.702. The molecule has 0 fully saturated rings. The summed E-state index contributed by atoms with van der Waals surface area (Å²) in [5.74, 6) is 0. The molecule has 1 atom stereocenters. The highest BCUT2D eigenvalue weighted by atomic mass is 35.5. The summed E-state index contributed by atoms with van der Waals surface area (Å²) in [4.78, 5) is 2.01. The maximum absolute atomic E-state index is 10.2. The Labute approximate surface area is 113 Å². The highest BCUT2D eigenvalue weighted by Crippen LogP contribution is 2.25. The van der Waals surface area contributed by atoms with Crippen molar-refractivity contribution in [3.05, 3.63) is 33.8 Å². The first-order valence-corrected chi connectivity index (χ1v) is 6.30. The number of likely N-dealkylation sites (N-methyl/N-ethyl adjacent to an activating group) is 1. The summed E-state index contributed by atoms with van der Waals surface area (Å²) in [6.07, 6.45) is 0.0944. The molecule has 1 unspecified atom stereocenters. The Morgan fingerprint density at radius 2 is 1.82 bits per heavy atom. The number of hydrogen-bond acceptors (Lipinski definition) is 2. The predicted molar refractivity (Wildman–Crippen MR) is 73.9 cm³/mol. The van der Waals surface area contributed by atoms with Crippen molar-refractivity contribution >= 4 is 23.2 Å². The van der Waals surface area contributed by atoms with Crippen LogP contribution in [-0.2, 0) is 6.42 Å². The Morgan fingerprint density at radius 3 is 2.29 bits per heavy atom. The van der Waals surface area contributed by atoms with Crippen LogP contribution in [0.4, 0.5) is 0 Å². The van der Waals surface area contributed by atoms with Crippen molar-refractivity contribution in [3.63, 3.8) is 0 Å². The number of halogens is 2. The van der Waals surface area contributed by atoms with Crippen LogP contribution in [0.25, 0.3) is 0 Å². The molecule has 2 nitrogen and oxygen atoms in total. The molecule has 1 rings (SSSR count). The molecule has 0 aromatic heterocycles. The molecule has 0 aliphatic carbocycles. The highest BCUT2D eigenvalue weighted by Gasteiger charge is 2.29. The molecule has 17 heavy (non-hydrogen) atoms. The average Bonchev–Trinajstić information content (AvgIpc) is 2.23. The quantitative estimate of drug-likeness (QED) is 0.912. The lowest BCUT2D eigenvalue weighted by atomic mass is 9.91. The van der Waals surface area contributed by atoms with Gasteiger partial charge in [-0.2, -0.15) is 0 Å². The van der Waals surface area contributed by atoms with Crippen molar-refractivity contribution < 1.29 is 5.11 Å². The first-order chi connectivity index (χ1) is 7.75. The van der Waals surface area contributed by atoms with Gasteiger partial charge in [-0.15, -0.1) is 0 Å². The van der Waals surface area contributed by atoms with Crippen LogP contribution in [0.3, 0.4) is 0 Å². The van der Waals surface area contributed by atoms with Crippen LogP contribution in [0.5, 0.6) is 0 Å². The van der Waals surface area contributed by atoms with Crippen molar-refractivity contribution in [3.8, 4) is 0 Å². The van der Waals surface area contributed by atoms with Crippen LogP contribution in [-0.4, -0.2) is 35.7 Å². The standard InChI is InChI=1S/C13H19Cl2NO/c1-13(2,16(3)4)12(17)8-9-5-6-10(14)11(15)7-9/h5-7,12,17H,8H2,1-4H3. The van der Waals surface area contributed by atoms with Crippen LogP contribution in [0.15, 0.2) is 18.2 Å². The molecule has 0 radical (unpaired) electrons. The maximum atomic E-state index is 10.2. The Balaban J connectivity index is 2.81. The molecule has 4 heteroatoms. The number of aliphatic hydroxyl groups is 1. The van der Waals surface area contributed by atoms with E-state index in [1.54, 1.807) is 12.1 Å². The van der Waals surface area contributed by atoms with E-state index in [1.165, 1.54) is 0 Å². The van der Waals surface area contributed by atoms with Gasteiger partial charge in [0.15, 0.2) is 0 Å². The lowest BCUT2D eigenvalue weighted by Crippen LogP contribution is -2.49. The molecule has 0 aliphatic heterocycles. The second kappa shape index (κ2) is 5.57. The van der Waals surface area contributed by atoms with Gasteiger partial charge < -0.3 is 10.0 Å². The molecule has 0 amide bonds. The van der Waals surface area contributed by atoms with Gasteiger partial charge in [-0.3, -0.25) is 0 Å². The van der Waals surface area contributed by atoms with Crippen molar-refractivity contribution in [2.45, 2.75) is 31.9 Å². The first kappa shape index (κ1) is 14.8. The van der Waals surface area contributed by atoms with E-state index < -0.39 is 6.10 Å². The SMILES string of the molecule is CN(C)C(C)(C)C(O)Cc1ccc(Cl)c(Cl)c1. The molecule has 1 aromatic carbocycles. The topological polar surface area (TPSA) is 23.5 Å². The largest absolute Gasteiger partial charge is 0.391 e. The van der Waals surface area contributed by atoms with Crippen LogP contribution in [0.1, 0.15) is 19.4 Å². The summed E-state index contributed by atoms with van der Waals surface area (Å²) < 4.78 is 0. The van der Waals surface area contributed by atoms with Gasteiger partial charge in [-0.1, -0.05) is 29.3 Å². The minimum absolute atomic E-state index is 0.286. The molecule has 1 N–H and O–H groups in total. The summed E-state index contributed by atoms with van der Waals surface area (Å²) in [5, 5.41) is 11.3. The van der Waals surface area contributed by atoms with Crippen molar-refractivity contribution in [2.75, 3.05) is 14.1 Å². The summed E-state index contributed by atoms with van der Waals surface area (Å²) in [7, 11) is 3.91. The third-order valence-electron chi connectivity index (χ3n) is 3.38. The zero-order chi connectivity index (χ0) is 13.2. The predicted octanol–water partition coefficient (Wildman–Crippen LogP) is 3.24. The molecule has 96 valence electrons. The molecule has 0 bridgehead atoms. The zero-order valence-corrected chi connectivity index (χ0v) is 12.2. The first-order valence-electron chi connectivity index (χ1n) is 5.54. The van der Waals surface area contributed by atoms with Crippen molar-refractivity contribution in [1.82, 2.24) is 4.90 Å². The van der Waals surface area contributed by atoms with E-state index in [-0.39, 0.29) is 5.54 Å². The Bertz CT molecular complexity index is 391. The van der Waals surface area contributed by atoms with E-state index in [1.807, 2.05) is 38.9 Å². The highest BCUT2D eigenvalue weighted by molar-refractivity contribution is 6.42. The number of rotatable bonds is 4. The minimum atomic E-state index is -0.463. The third-order valence-corrected chi connectivity index (χ3v) is 4.12. The Kier molecular flexibility index (Phi) is 4.85. The second-order valence-electron chi connectivity index (χ2n) is 5.02. The van der Waals surface area contributed by atoms with Crippen molar-refractivity contribution in [2.24, 2.45) is 0 Å². The summed E-state index contributed by atoms with van der Waals surface area (Å²) in [6, 6.07) is 5.45. The Hall–Kier alpha value is -0.280. The number of nitrogens with zero attached hydrogens (tertiary/aromatic N) is 1. The van der Waals surface area contributed by atoms with Gasteiger partial charge in [0.25, 0.3) is 0 Å². The zero-order valence-electron chi connectivity index (χ0n) is 10.7.